The van der Waals surface area contributed by atoms with E-state index in [1.807, 2.05) is 19.3 Å². The van der Waals surface area contributed by atoms with E-state index >= 15 is 0 Å². The predicted octanol–water partition coefficient (Wildman–Crippen LogP) is 3.73. The number of guanidine groups is 1. The van der Waals surface area contributed by atoms with Crippen molar-refractivity contribution in [2.75, 3.05) is 33.3 Å². The van der Waals surface area contributed by atoms with E-state index < -0.39 is 0 Å². The molecule has 30 heavy (non-hydrogen) atoms. The maximum absolute atomic E-state index is 6.01. The highest BCUT2D eigenvalue weighted by Gasteiger charge is 2.20. The van der Waals surface area contributed by atoms with E-state index in [0.29, 0.717) is 12.1 Å². The SMILES string of the molecule is CN=C(NCCCCCOC1CCCCC1)NC1CCN(Cc2ccccn2)CC1. The zero-order valence-electron chi connectivity index (χ0n) is 18.8. The lowest BCUT2D eigenvalue weighted by molar-refractivity contribution is 0.0264. The maximum atomic E-state index is 6.01. The zero-order chi connectivity index (χ0) is 20.9. The van der Waals surface area contributed by atoms with Crippen LogP contribution in [0.4, 0.5) is 0 Å². The molecule has 3 rings (SSSR count). The first-order valence-electron chi connectivity index (χ1n) is 12.0. The number of aliphatic imine (C=N–C) groups is 1. The molecule has 168 valence electrons. The summed E-state index contributed by atoms with van der Waals surface area (Å²) >= 11 is 0. The molecule has 6 heteroatoms. The highest BCUT2D eigenvalue weighted by molar-refractivity contribution is 5.79. The summed E-state index contributed by atoms with van der Waals surface area (Å²) in [4.78, 5) is 11.3. The van der Waals surface area contributed by atoms with Crippen LogP contribution in [0.1, 0.15) is 69.9 Å². The van der Waals surface area contributed by atoms with Gasteiger partial charge in [-0.05, 0) is 57.1 Å². The number of piperidine rings is 1. The Morgan fingerprint density at radius 2 is 1.93 bits per heavy atom. The predicted molar refractivity (Wildman–Crippen MR) is 124 cm³/mol. The van der Waals surface area contributed by atoms with E-state index in [-0.39, 0.29) is 0 Å². The fourth-order valence-electron chi connectivity index (χ4n) is 4.44. The molecular weight excluding hydrogens is 374 g/mol. The molecule has 6 nitrogen and oxygen atoms in total. The minimum atomic E-state index is 0.500. The molecule has 1 aliphatic heterocycles. The first-order valence-corrected chi connectivity index (χ1v) is 12.0. The maximum Gasteiger partial charge on any atom is 0.191 e. The van der Waals surface area contributed by atoms with Crippen molar-refractivity contribution in [2.45, 2.75) is 82.9 Å². The molecule has 0 amide bonds. The number of hydrogen-bond acceptors (Lipinski definition) is 4. The molecule has 2 N–H and O–H groups in total. The topological polar surface area (TPSA) is 61.8 Å². The Morgan fingerprint density at radius 1 is 1.10 bits per heavy atom. The largest absolute Gasteiger partial charge is 0.378 e. The monoisotopic (exact) mass is 415 g/mol. The lowest BCUT2D eigenvalue weighted by atomic mass is 9.98. The first-order chi connectivity index (χ1) is 14.8. The molecule has 0 spiro atoms. The van der Waals surface area contributed by atoms with Gasteiger partial charge >= 0.3 is 0 Å². The lowest BCUT2D eigenvalue weighted by Crippen LogP contribution is -2.48. The molecule has 0 bridgehead atoms. The standard InChI is InChI=1S/C24H41N5O/c1-25-24(27-16-7-3-9-19-30-23-11-4-2-5-12-23)28-21-13-17-29(18-14-21)20-22-10-6-8-15-26-22/h6,8,10,15,21,23H,2-5,7,9,11-14,16-20H2,1H3,(H2,25,27,28). The highest BCUT2D eigenvalue weighted by atomic mass is 16.5. The molecule has 1 aliphatic carbocycles. The van der Waals surface area contributed by atoms with Gasteiger partial charge in [0.05, 0.1) is 11.8 Å². The Morgan fingerprint density at radius 3 is 2.67 bits per heavy atom. The Balaban J connectivity index is 1.21. The molecule has 1 aromatic heterocycles. The summed E-state index contributed by atoms with van der Waals surface area (Å²) in [6.07, 6.45) is 14.9. The zero-order valence-corrected chi connectivity index (χ0v) is 18.8. The fraction of sp³-hybridized carbons (Fsp3) is 0.750. The third-order valence-electron chi connectivity index (χ3n) is 6.28. The number of ether oxygens (including phenoxy) is 1. The van der Waals surface area contributed by atoms with E-state index in [1.165, 1.54) is 44.9 Å². The van der Waals surface area contributed by atoms with E-state index in [2.05, 4.69) is 37.6 Å². The molecule has 1 aromatic rings. The first kappa shape index (κ1) is 23.0. The van der Waals surface area contributed by atoms with Crippen LogP contribution in [0.25, 0.3) is 0 Å². The Labute approximate surface area is 182 Å². The number of aromatic nitrogens is 1. The van der Waals surface area contributed by atoms with Crippen LogP contribution >= 0.6 is 0 Å². The molecule has 2 fully saturated rings. The van der Waals surface area contributed by atoms with Crippen LogP contribution in [0.3, 0.4) is 0 Å². The van der Waals surface area contributed by atoms with Gasteiger partial charge in [-0.25, -0.2) is 0 Å². The number of likely N-dealkylation sites (tertiary alicyclic amines) is 1. The lowest BCUT2D eigenvalue weighted by Gasteiger charge is -2.32. The van der Waals surface area contributed by atoms with Crippen molar-refractivity contribution in [3.8, 4) is 0 Å². The van der Waals surface area contributed by atoms with Crippen molar-refractivity contribution in [1.82, 2.24) is 20.5 Å². The molecule has 0 radical (unpaired) electrons. The second-order valence-corrected chi connectivity index (χ2v) is 8.71. The van der Waals surface area contributed by atoms with Crippen LogP contribution < -0.4 is 10.6 Å². The van der Waals surface area contributed by atoms with Crippen molar-refractivity contribution >= 4 is 5.96 Å². The molecule has 2 heterocycles. The summed E-state index contributed by atoms with van der Waals surface area (Å²) in [5.41, 5.74) is 1.16. The number of unbranched alkanes of at least 4 members (excludes halogenated alkanes) is 2. The van der Waals surface area contributed by atoms with Gasteiger partial charge in [0.2, 0.25) is 0 Å². The van der Waals surface area contributed by atoms with E-state index in [1.54, 1.807) is 0 Å². The summed E-state index contributed by atoms with van der Waals surface area (Å²) in [6.45, 7) is 5.06. The van der Waals surface area contributed by atoms with Crippen LogP contribution in [0.5, 0.6) is 0 Å². The second-order valence-electron chi connectivity index (χ2n) is 8.71. The second kappa shape index (κ2) is 13.6. The number of pyridine rings is 1. The minimum Gasteiger partial charge on any atom is -0.378 e. The normalized spacial score (nSPS) is 19.7. The summed E-state index contributed by atoms with van der Waals surface area (Å²) < 4.78 is 6.01. The molecule has 0 aromatic carbocycles. The van der Waals surface area contributed by atoms with Crippen LogP contribution in [-0.4, -0.2) is 61.3 Å². The Bertz CT molecular complexity index is 595. The molecule has 1 saturated heterocycles. The van der Waals surface area contributed by atoms with E-state index in [9.17, 15) is 0 Å². The van der Waals surface area contributed by atoms with Gasteiger partial charge in [-0.3, -0.25) is 14.9 Å². The molecular formula is C24H41N5O. The molecule has 2 aliphatic rings. The Kier molecular flexibility index (Phi) is 10.4. The van der Waals surface area contributed by atoms with Crippen LogP contribution in [-0.2, 0) is 11.3 Å². The van der Waals surface area contributed by atoms with Gasteiger partial charge in [-0.1, -0.05) is 25.3 Å². The molecule has 0 unspecified atom stereocenters. The van der Waals surface area contributed by atoms with Gasteiger partial charge in [0.15, 0.2) is 5.96 Å². The quantitative estimate of drug-likeness (QED) is 0.346. The molecule has 0 atom stereocenters. The van der Waals surface area contributed by atoms with Crippen molar-refractivity contribution in [1.29, 1.82) is 0 Å². The number of nitrogens with zero attached hydrogens (tertiary/aromatic N) is 3. The summed E-state index contributed by atoms with van der Waals surface area (Å²) in [7, 11) is 1.86. The third kappa shape index (κ3) is 8.60. The number of nitrogens with one attached hydrogen (secondary N) is 2. The van der Waals surface area contributed by atoms with Gasteiger partial charge in [-0.15, -0.1) is 0 Å². The van der Waals surface area contributed by atoms with Gasteiger partial charge < -0.3 is 15.4 Å². The third-order valence-corrected chi connectivity index (χ3v) is 6.28. The molecule has 1 saturated carbocycles. The fourth-order valence-corrected chi connectivity index (χ4v) is 4.44. The van der Waals surface area contributed by atoms with E-state index in [0.717, 1.165) is 63.7 Å². The highest BCUT2D eigenvalue weighted by Crippen LogP contribution is 2.20. The van der Waals surface area contributed by atoms with Crippen molar-refractivity contribution in [2.24, 2.45) is 4.99 Å². The van der Waals surface area contributed by atoms with Gasteiger partial charge in [0.25, 0.3) is 0 Å². The van der Waals surface area contributed by atoms with Crippen LogP contribution in [0.15, 0.2) is 29.4 Å². The van der Waals surface area contributed by atoms with Gasteiger partial charge in [0, 0.05) is 52.1 Å². The number of hydrogen-bond donors (Lipinski definition) is 2. The minimum absolute atomic E-state index is 0.500. The van der Waals surface area contributed by atoms with Crippen LogP contribution in [0.2, 0.25) is 0 Å². The van der Waals surface area contributed by atoms with Crippen LogP contribution in [0, 0.1) is 0 Å². The average Bonchev–Trinajstić information content (AvgIpc) is 2.80. The summed E-state index contributed by atoms with van der Waals surface area (Å²) in [5.74, 6) is 0.941. The number of rotatable bonds is 10. The summed E-state index contributed by atoms with van der Waals surface area (Å²) in [5, 5.41) is 7.09. The van der Waals surface area contributed by atoms with E-state index in [4.69, 9.17) is 4.74 Å². The van der Waals surface area contributed by atoms with Crippen molar-refractivity contribution < 1.29 is 4.74 Å². The van der Waals surface area contributed by atoms with Crippen molar-refractivity contribution in [3.05, 3.63) is 30.1 Å². The average molecular weight is 416 g/mol. The summed E-state index contributed by atoms with van der Waals surface area (Å²) in [6, 6.07) is 6.65. The van der Waals surface area contributed by atoms with Gasteiger partial charge in [-0.2, -0.15) is 0 Å². The van der Waals surface area contributed by atoms with Crippen molar-refractivity contribution in [3.63, 3.8) is 0 Å². The smallest absolute Gasteiger partial charge is 0.191 e. The van der Waals surface area contributed by atoms with Gasteiger partial charge in [0.1, 0.15) is 0 Å². The Hall–Kier alpha value is -1.66.